The third kappa shape index (κ3) is 5.94. The number of halogens is 3. The predicted octanol–water partition coefficient (Wildman–Crippen LogP) is 3.26. The topological polar surface area (TPSA) is 158 Å². The number of rotatable bonds is 8. The number of H-pyrrole nitrogens is 1. The van der Waals surface area contributed by atoms with Crippen LogP contribution in [-0.4, -0.2) is 67.2 Å². The minimum atomic E-state index is -4.61. The monoisotopic (exact) mass is 570 g/mol. The molecule has 1 aliphatic heterocycles. The van der Waals surface area contributed by atoms with Gasteiger partial charge in [0.05, 0.1) is 36.4 Å². The van der Waals surface area contributed by atoms with Crippen molar-refractivity contribution in [2.75, 3.05) is 25.0 Å². The molecule has 1 aliphatic rings. The predicted molar refractivity (Wildman–Crippen MR) is 144 cm³/mol. The molecule has 6 N–H and O–H groups in total. The van der Waals surface area contributed by atoms with Gasteiger partial charge >= 0.3 is 12.2 Å². The lowest BCUT2D eigenvalue weighted by molar-refractivity contribution is -0.140. The van der Waals surface area contributed by atoms with Gasteiger partial charge in [-0.15, -0.1) is 0 Å². The Kier molecular flexibility index (Phi) is 7.79. The number of nitrogens with one attached hydrogen (secondary N) is 4. The maximum atomic E-state index is 13.4. The van der Waals surface area contributed by atoms with Gasteiger partial charge in [-0.25, -0.2) is 14.8 Å². The molecule has 0 radical (unpaired) electrons. The summed E-state index contributed by atoms with van der Waals surface area (Å²) in [5.41, 5.74) is 7.19. The van der Waals surface area contributed by atoms with E-state index in [0.29, 0.717) is 42.2 Å². The van der Waals surface area contributed by atoms with E-state index in [1.54, 1.807) is 23.1 Å². The lowest BCUT2D eigenvalue weighted by Gasteiger charge is -2.21. The van der Waals surface area contributed by atoms with Gasteiger partial charge in [0, 0.05) is 36.7 Å². The van der Waals surface area contributed by atoms with Gasteiger partial charge in [-0.05, 0) is 43.0 Å². The van der Waals surface area contributed by atoms with Crippen molar-refractivity contribution in [1.82, 2.24) is 40.1 Å². The van der Waals surface area contributed by atoms with E-state index in [0.717, 1.165) is 24.6 Å². The molecule has 4 heterocycles. The molecule has 1 aromatic carbocycles. The molecule has 1 saturated heterocycles. The summed E-state index contributed by atoms with van der Waals surface area (Å²) in [4.78, 5) is 35.4. The van der Waals surface area contributed by atoms with Gasteiger partial charge in [-0.2, -0.15) is 18.3 Å². The van der Waals surface area contributed by atoms with Gasteiger partial charge in [0.2, 0.25) is 0 Å². The first-order chi connectivity index (χ1) is 19.7. The Morgan fingerprint density at radius 1 is 1.17 bits per heavy atom. The molecule has 3 aromatic heterocycles. The van der Waals surface area contributed by atoms with Crippen LogP contribution in [-0.2, 0) is 12.6 Å². The standard InChI is InChI=1S/C26H29F3N10O2/c1-2-15-11-16(5-6-17(15)24(40)33-14-20(30)36-25(41)38-8-3-4-9-38)35-22-23-32-13-19(39(23)10-7-31-22)18-12-34-37-21(18)26(27,28)29/h5-7,10-13,20H,2-4,8-9,14,30H2,1H3,(H,31,35)(H,33,40)(H,34,37)(H,36,41)/t20-/m0/s1. The smallest absolute Gasteiger partial charge is 0.349 e. The molecule has 0 unspecified atom stereocenters. The number of carbonyl (C=O) groups excluding carboxylic acids is 2. The van der Waals surface area contributed by atoms with Crippen LogP contribution >= 0.6 is 0 Å². The SMILES string of the molecule is CCc1cc(Nc2nccn3c(-c4cn[nH]c4C(F)(F)F)cnc23)ccc1C(=O)NC[C@@H](N)NC(=O)N1CCCC1. The van der Waals surface area contributed by atoms with E-state index < -0.39 is 18.0 Å². The van der Waals surface area contributed by atoms with E-state index in [1.165, 1.54) is 23.0 Å². The molecule has 0 spiro atoms. The lowest BCUT2D eigenvalue weighted by atomic mass is 10.0. The highest BCUT2D eigenvalue weighted by molar-refractivity contribution is 5.96. The van der Waals surface area contributed by atoms with Gasteiger partial charge in [-0.1, -0.05) is 6.92 Å². The number of amides is 3. The average Bonchev–Trinajstić information content (AvgIpc) is 3.72. The number of alkyl halides is 3. The highest BCUT2D eigenvalue weighted by Gasteiger charge is 2.36. The van der Waals surface area contributed by atoms with E-state index in [2.05, 4.69) is 31.0 Å². The largest absolute Gasteiger partial charge is 0.433 e. The highest BCUT2D eigenvalue weighted by atomic mass is 19.4. The summed E-state index contributed by atoms with van der Waals surface area (Å²) in [5, 5.41) is 14.2. The molecule has 3 amide bonds. The molecule has 1 atom stereocenters. The van der Waals surface area contributed by atoms with Gasteiger partial charge in [0.15, 0.2) is 11.5 Å². The van der Waals surface area contributed by atoms with Crippen LogP contribution in [0.1, 0.15) is 41.4 Å². The van der Waals surface area contributed by atoms with Crippen LogP contribution in [0, 0.1) is 0 Å². The van der Waals surface area contributed by atoms with Crippen LogP contribution in [0.15, 0.2) is 43.0 Å². The normalized spacial score (nSPS) is 14.3. The van der Waals surface area contributed by atoms with E-state index in [4.69, 9.17) is 5.73 Å². The molecule has 41 heavy (non-hydrogen) atoms. The lowest BCUT2D eigenvalue weighted by Crippen LogP contribution is -2.52. The van der Waals surface area contributed by atoms with E-state index >= 15 is 0 Å². The number of likely N-dealkylation sites (tertiary alicyclic amines) is 1. The van der Waals surface area contributed by atoms with Crippen molar-refractivity contribution in [3.63, 3.8) is 0 Å². The summed E-state index contributed by atoms with van der Waals surface area (Å²) in [6.45, 7) is 3.35. The fourth-order valence-electron chi connectivity index (χ4n) is 4.74. The summed E-state index contributed by atoms with van der Waals surface area (Å²) < 4.78 is 41.7. The minimum absolute atomic E-state index is 0.0580. The molecular formula is C26H29F3N10O2. The van der Waals surface area contributed by atoms with Gasteiger partial charge in [0.25, 0.3) is 5.91 Å². The second-order valence-corrected chi connectivity index (χ2v) is 9.58. The number of imidazole rings is 1. The Morgan fingerprint density at radius 3 is 2.68 bits per heavy atom. The molecule has 0 saturated carbocycles. The van der Waals surface area contributed by atoms with Crippen LogP contribution < -0.4 is 21.7 Å². The van der Waals surface area contributed by atoms with Gasteiger partial charge in [0.1, 0.15) is 5.69 Å². The fourth-order valence-corrected chi connectivity index (χ4v) is 4.74. The Balaban J connectivity index is 1.29. The highest BCUT2D eigenvalue weighted by Crippen LogP contribution is 2.36. The molecule has 4 aromatic rings. The third-order valence-electron chi connectivity index (χ3n) is 6.80. The summed E-state index contributed by atoms with van der Waals surface area (Å²) in [6, 6.07) is 4.89. The zero-order valence-electron chi connectivity index (χ0n) is 22.1. The van der Waals surface area contributed by atoms with E-state index in [9.17, 15) is 22.8 Å². The van der Waals surface area contributed by atoms with Gasteiger partial charge in [-0.3, -0.25) is 14.3 Å². The van der Waals surface area contributed by atoms with Gasteiger partial charge < -0.3 is 26.6 Å². The molecule has 0 aliphatic carbocycles. The number of anilines is 2. The first kappa shape index (κ1) is 27.9. The molecule has 5 rings (SSSR count). The van der Waals surface area contributed by atoms with Crippen LogP contribution in [0.4, 0.5) is 29.5 Å². The second kappa shape index (κ2) is 11.4. The summed E-state index contributed by atoms with van der Waals surface area (Å²) in [7, 11) is 0. The quantitative estimate of drug-likeness (QED) is 0.203. The first-order valence-corrected chi connectivity index (χ1v) is 13.1. The van der Waals surface area contributed by atoms with E-state index in [-0.39, 0.29) is 29.7 Å². The number of aromatic amines is 1. The molecule has 12 nitrogen and oxygen atoms in total. The van der Waals surface area contributed by atoms with Crippen LogP contribution in [0.3, 0.4) is 0 Å². The van der Waals surface area contributed by atoms with E-state index in [1.807, 2.05) is 12.0 Å². The van der Waals surface area contributed by atoms with Crippen molar-refractivity contribution in [2.45, 2.75) is 38.5 Å². The number of carbonyl (C=O) groups is 2. The first-order valence-electron chi connectivity index (χ1n) is 13.1. The number of hydrogen-bond acceptors (Lipinski definition) is 7. The minimum Gasteiger partial charge on any atom is -0.349 e. The average molecular weight is 571 g/mol. The summed E-state index contributed by atoms with van der Waals surface area (Å²) in [5.74, 6) is -0.0206. The third-order valence-corrected chi connectivity index (χ3v) is 6.80. The zero-order chi connectivity index (χ0) is 29.1. The molecule has 15 heteroatoms. The summed E-state index contributed by atoms with van der Waals surface area (Å²) in [6.07, 6.45) is 2.51. The van der Waals surface area contributed by atoms with Crippen LogP contribution in [0.25, 0.3) is 16.9 Å². The molecular weight excluding hydrogens is 541 g/mol. The second-order valence-electron chi connectivity index (χ2n) is 9.58. The number of hydrogen-bond donors (Lipinski definition) is 5. The number of nitrogens with two attached hydrogens (primary N) is 1. The number of benzene rings is 1. The van der Waals surface area contributed by atoms with Crippen molar-refractivity contribution in [2.24, 2.45) is 5.73 Å². The van der Waals surface area contributed by atoms with Crippen molar-refractivity contribution in [3.05, 3.63) is 59.8 Å². The number of aromatic nitrogens is 5. The maximum absolute atomic E-state index is 13.4. The van der Waals surface area contributed by atoms with Crippen LogP contribution in [0.2, 0.25) is 0 Å². The van der Waals surface area contributed by atoms with Crippen LogP contribution in [0.5, 0.6) is 0 Å². The molecule has 1 fully saturated rings. The van der Waals surface area contributed by atoms with Crippen molar-refractivity contribution < 1.29 is 22.8 Å². The Bertz CT molecular complexity index is 1560. The van der Waals surface area contributed by atoms with Crippen molar-refractivity contribution in [3.8, 4) is 11.3 Å². The number of urea groups is 1. The molecule has 0 bridgehead atoms. The maximum Gasteiger partial charge on any atom is 0.433 e. The molecule has 216 valence electrons. The summed E-state index contributed by atoms with van der Waals surface area (Å²) >= 11 is 0. The number of nitrogens with zero attached hydrogens (tertiary/aromatic N) is 5. The Hall–Kier alpha value is -4.66. The fraction of sp³-hybridized carbons (Fsp3) is 0.346. The Morgan fingerprint density at radius 2 is 1.95 bits per heavy atom. The number of aryl methyl sites for hydroxylation is 1. The zero-order valence-corrected chi connectivity index (χ0v) is 22.1. The van der Waals surface area contributed by atoms with Crippen molar-refractivity contribution >= 4 is 29.1 Å². The Labute approximate surface area is 232 Å². The van der Waals surface area contributed by atoms with Crippen molar-refractivity contribution in [1.29, 1.82) is 0 Å². The number of fused-ring (bicyclic) bond motifs is 1.